The second kappa shape index (κ2) is 5.40. The number of anilines is 1. The van der Waals surface area contributed by atoms with Gasteiger partial charge >= 0.3 is 0 Å². The highest BCUT2D eigenvalue weighted by atomic mass is 19.1. The molecule has 0 aromatic heterocycles. The molecule has 0 saturated heterocycles. The summed E-state index contributed by atoms with van der Waals surface area (Å²) in [5.74, 6) is -2.52. The van der Waals surface area contributed by atoms with Crippen molar-refractivity contribution in [1.82, 2.24) is 5.32 Å². The molecule has 1 aliphatic rings. The summed E-state index contributed by atoms with van der Waals surface area (Å²) in [5, 5.41) is 2.72. The van der Waals surface area contributed by atoms with E-state index in [1.54, 1.807) is 0 Å². The van der Waals surface area contributed by atoms with Crippen molar-refractivity contribution < 1.29 is 18.8 Å². The maximum Gasteiger partial charge on any atom is 0.299 e. The zero-order chi connectivity index (χ0) is 14.9. The lowest BCUT2D eigenvalue weighted by atomic mass is 10.1. The molecule has 5 nitrogen and oxygen atoms in total. The summed E-state index contributed by atoms with van der Waals surface area (Å²) in [5.41, 5.74) is 0.284. The highest BCUT2D eigenvalue weighted by molar-refractivity contribution is 6.52. The first-order chi connectivity index (χ1) is 9.43. The Bertz CT molecular complexity index is 586. The number of benzene rings is 1. The molecule has 0 fully saturated rings. The fourth-order valence-corrected chi connectivity index (χ4v) is 2.00. The van der Waals surface area contributed by atoms with Crippen LogP contribution in [0, 0.1) is 5.82 Å². The first-order valence-electron chi connectivity index (χ1n) is 6.39. The number of amides is 2. The minimum Gasteiger partial charge on any atom is -0.352 e. The predicted molar refractivity (Wildman–Crippen MR) is 71.0 cm³/mol. The van der Waals surface area contributed by atoms with Crippen molar-refractivity contribution in [2.24, 2.45) is 0 Å². The van der Waals surface area contributed by atoms with Crippen LogP contribution in [0.3, 0.4) is 0 Å². The van der Waals surface area contributed by atoms with E-state index in [1.165, 1.54) is 6.07 Å². The minimum absolute atomic E-state index is 0.00587. The second-order valence-corrected chi connectivity index (χ2v) is 4.76. The Hall–Kier alpha value is -2.24. The number of nitrogens with one attached hydrogen (secondary N) is 1. The third-order valence-electron chi connectivity index (χ3n) is 3.25. The molecule has 20 heavy (non-hydrogen) atoms. The van der Waals surface area contributed by atoms with E-state index in [2.05, 4.69) is 5.32 Å². The van der Waals surface area contributed by atoms with Crippen LogP contribution in [0.5, 0.6) is 0 Å². The van der Waals surface area contributed by atoms with E-state index in [0.29, 0.717) is 0 Å². The van der Waals surface area contributed by atoms with Crippen molar-refractivity contribution in [1.29, 1.82) is 0 Å². The molecule has 2 amide bonds. The van der Waals surface area contributed by atoms with Crippen LogP contribution in [0.25, 0.3) is 0 Å². The number of carbonyl (C=O) groups excluding carboxylic acids is 3. The molecule has 2 rings (SSSR count). The lowest BCUT2D eigenvalue weighted by Crippen LogP contribution is -2.42. The fourth-order valence-electron chi connectivity index (χ4n) is 2.00. The van der Waals surface area contributed by atoms with Gasteiger partial charge in [-0.25, -0.2) is 4.39 Å². The number of carbonyl (C=O) groups is 3. The molecule has 0 saturated carbocycles. The molecule has 1 aliphatic heterocycles. The van der Waals surface area contributed by atoms with Gasteiger partial charge in [0.25, 0.3) is 11.7 Å². The van der Waals surface area contributed by atoms with Crippen molar-refractivity contribution in [3.8, 4) is 0 Å². The summed E-state index contributed by atoms with van der Waals surface area (Å²) in [6.45, 7) is 3.53. The van der Waals surface area contributed by atoms with Gasteiger partial charge in [0.1, 0.15) is 12.4 Å². The summed E-state index contributed by atoms with van der Waals surface area (Å²) in [6.07, 6.45) is 0.764. The molecule has 1 unspecified atom stereocenters. The number of hydrogen-bond acceptors (Lipinski definition) is 3. The Morgan fingerprint density at radius 3 is 2.75 bits per heavy atom. The number of Topliss-reactive ketones (excluding diaryl/α,β-unsaturated/α-hetero) is 1. The van der Waals surface area contributed by atoms with E-state index in [1.807, 2.05) is 13.8 Å². The third kappa shape index (κ3) is 2.54. The van der Waals surface area contributed by atoms with Gasteiger partial charge in [-0.3, -0.25) is 19.3 Å². The lowest BCUT2D eigenvalue weighted by Gasteiger charge is -2.18. The van der Waals surface area contributed by atoms with Gasteiger partial charge in [-0.1, -0.05) is 6.92 Å². The molecule has 1 aromatic carbocycles. The summed E-state index contributed by atoms with van der Waals surface area (Å²) in [4.78, 5) is 36.5. The predicted octanol–water partition coefficient (Wildman–Crippen LogP) is 1.27. The SMILES string of the molecule is CCC(C)NC(=O)CN1C(=O)C(=O)c2cc(F)ccc21. The van der Waals surface area contributed by atoms with Crippen molar-refractivity contribution in [3.05, 3.63) is 29.6 Å². The maximum absolute atomic E-state index is 13.1. The van der Waals surface area contributed by atoms with Crippen molar-refractivity contribution in [3.63, 3.8) is 0 Å². The van der Waals surface area contributed by atoms with E-state index in [0.717, 1.165) is 23.5 Å². The number of nitrogens with zero attached hydrogens (tertiary/aromatic N) is 1. The van der Waals surface area contributed by atoms with Crippen LogP contribution in [-0.4, -0.2) is 30.2 Å². The minimum atomic E-state index is -0.801. The van der Waals surface area contributed by atoms with Crippen molar-refractivity contribution in [2.75, 3.05) is 11.4 Å². The standard InChI is InChI=1S/C14H15FN2O3/c1-3-8(2)16-12(18)7-17-11-5-4-9(15)6-10(11)13(19)14(17)20/h4-6,8H,3,7H2,1-2H3,(H,16,18). The average molecular weight is 278 g/mol. The topological polar surface area (TPSA) is 66.5 Å². The van der Waals surface area contributed by atoms with E-state index in [9.17, 15) is 18.8 Å². The molecular formula is C14H15FN2O3. The molecule has 106 valence electrons. The number of fused-ring (bicyclic) bond motifs is 1. The third-order valence-corrected chi connectivity index (χ3v) is 3.25. The molecule has 6 heteroatoms. The summed E-state index contributed by atoms with van der Waals surface area (Å²) < 4.78 is 13.1. The van der Waals surface area contributed by atoms with Gasteiger partial charge in [0, 0.05) is 6.04 Å². The molecule has 0 aliphatic carbocycles. The van der Waals surface area contributed by atoms with Gasteiger partial charge in [0.05, 0.1) is 11.3 Å². The molecular weight excluding hydrogens is 263 g/mol. The van der Waals surface area contributed by atoms with Gasteiger partial charge in [0.15, 0.2) is 0 Å². The van der Waals surface area contributed by atoms with Crippen LogP contribution >= 0.6 is 0 Å². The summed E-state index contributed by atoms with van der Waals surface area (Å²) in [7, 11) is 0. The van der Waals surface area contributed by atoms with Crippen LogP contribution in [0.15, 0.2) is 18.2 Å². The first-order valence-corrected chi connectivity index (χ1v) is 6.39. The molecule has 0 spiro atoms. The molecule has 0 radical (unpaired) electrons. The Balaban J connectivity index is 2.20. The number of hydrogen-bond donors (Lipinski definition) is 1. The summed E-state index contributed by atoms with van der Waals surface area (Å²) >= 11 is 0. The number of rotatable bonds is 4. The zero-order valence-corrected chi connectivity index (χ0v) is 11.3. The number of ketones is 1. The average Bonchev–Trinajstić information content (AvgIpc) is 2.63. The van der Waals surface area contributed by atoms with Gasteiger partial charge in [-0.15, -0.1) is 0 Å². The van der Waals surface area contributed by atoms with Crippen LogP contribution in [0.4, 0.5) is 10.1 Å². The van der Waals surface area contributed by atoms with Crippen LogP contribution in [0.1, 0.15) is 30.6 Å². The Morgan fingerprint density at radius 2 is 2.10 bits per heavy atom. The van der Waals surface area contributed by atoms with Gasteiger partial charge in [-0.2, -0.15) is 0 Å². The Labute approximate surface area is 115 Å². The van der Waals surface area contributed by atoms with Crippen LogP contribution in [0.2, 0.25) is 0 Å². The van der Waals surface area contributed by atoms with Crippen LogP contribution < -0.4 is 10.2 Å². The maximum atomic E-state index is 13.1. The van der Waals surface area contributed by atoms with E-state index in [4.69, 9.17) is 0 Å². The molecule has 1 N–H and O–H groups in total. The van der Waals surface area contributed by atoms with E-state index in [-0.39, 0.29) is 29.7 Å². The van der Waals surface area contributed by atoms with Crippen molar-refractivity contribution >= 4 is 23.3 Å². The Morgan fingerprint density at radius 1 is 1.40 bits per heavy atom. The first kappa shape index (κ1) is 14.2. The molecule has 1 heterocycles. The van der Waals surface area contributed by atoms with Gasteiger partial charge in [0.2, 0.25) is 5.91 Å². The van der Waals surface area contributed by atoms with E-state index >= 15 is 0 Å². The molecule has 1 aromatic rings. The fraction of sp³-hybridized carbons (Fsp3) is 0.357. The highest BCUT2D eigenvalue weighted by Crippen LogP contribution is 2.29. The lowest BCUT2D eigenvalue weighted by molar-refractivity contribution is -0.122. The quantitative estimate of drug-likeness (QED) is 0.843. The molecule has 1 atom stereocenters. The van der Waals surface area contributed by atoms with Crippen LogP contribution in [-0.2, 0) is 9.59 Å². The number of halogens is 1. The summed E-state index contributed by atoms with van der Waals surface area (Å²) in [6, 6.07) is 3.50. The normalized spacial score (nSPS) is 15.2. The zero-order valence-electron chi connectivity index (χ0n) is 11.3. The van der Waals surface area contributed by atoms with Gasteiger partial charge < -0.3 is 5.32 Å². The van der Waals surface area contributed by atoms with Crippen molar-refractivity contribution in [2.45, 2.75) is 26.3 Å². The largest absolute Gasteiger partial charge is 0.352 e. The van der Waals surface area contributed by atoms with Gasteiger partial charge in [-0.05, 0) is 31.5 Å². The molecule has 0 bridgehead atoms. The smallest absolute Gasteiger partial charge is 0.299 e. The van der Waals surface area contributed by atoms with E-state index < -0.39 is 17.5 Å². The second-order valence-electron chi connectivity index (χ2n) is 4.76. The highest BCUT2D eigenvalue weighted by Gasteiger charge is 2.37. The monoisotopic (exact) mass is 278 g/mol. The Kier molecular flexibility index (Phi) is 3.83.